The number of ether oxygens (including phenoxy) is 1. The van der Waals surface area contributed by atoms with Gasteiger partial charge in [-0.25, -0.2) is 0 Å². The Bertz CT molecular complexity index is 731. The van der Waals surface area contributed by atoms with Crippen molar-refractivity contribution in [1.29, 1.82) is 0 Å². The molecule has 0 aromatic rings. The number of aliphatic hydroxyl groups excluding tert-OH is 3. The average Bonchev–Trinajstić information content (AvgIpc) is 3.04. The van der Waals surface area contributed by atoms with E-state index in [4.69, 9.17) is 4.74 Å². The van der Waals surface area contributed by atoms with Crippen LogP contribution in [0.4, 0.5) is 0 Å². The second kappa shape index (κ2) is 9.52. The lowest BCUT2D eigenvalue weighted by Crippen LogP contribution is -2.35. The van der Waals surface area contributed by atoms with Gasteiger partial charge in [0.05, 0.1) is 31.0 Å². The van der Waals surface area contributed by atoms with E-state index in [1.165, 1.54) is 11.1 Å². The van der Waals surface area contributed by atoms with E-state index in [-0.39, 0.29) is 17.4 Å². The molecule has 3 aliphatic rings. The molecule has 2 saturated carbocycles. The van der Waals surface area contributed by atoms with Crippen LogP contribution in [0.2, 0.25) is 0 Å². The van der Waals surface area contributed by atoms with E-state index < -0.39 is 18.3 Å². The number of allylic oxidation sites excluding steroid dienone is 4. The van der Waals surface area contributed by atoms with Crippen LogP contribution >= 0.6 is 0 Å². The molecule has 0 unspecified atom stereocenters. The first-order valence-electron chi connectivity index (χ1n) is 11.6. The standard InChI is InChI=1S/C26H40O4/c1-16(2)25(29)15-30-18(4)22-10-11-23-19(7-6-12-26(22,23)5)8-9-20-13-21(27)14-24(28)17(20)3/h8-10,16,18,21,23-25,27-29H,3,6-7,11-15H2,1-2,4-5H3/t18-,21+,23-,24-,25-,26+/m0/s1. The molecule has 3 aliphatic carbocycles. The number of hydrogen-bond acceptors (Lipinski definition) is 4. The highest BCUT2D eigenvalue weighted by Crippen LogP contribution is 2.55. The Balaban J connectivity index is 1.73. The zero-order chi connectivity index (χ0) is 22.1. The molecular weight excluding hydrogens is 376 g/mol. The molecule has 0 amide bonds. The van der Waals surface area contributed by atoms with Gasteiger partial charge in [0.1, 0.15) is 0 Å². The third kappa shape index (κ3) is 4.83. The fourth-order valence-corrected chi connectivity index (χ4v) is 5.47. The second-order valence-electron chi connectivity index (χ2n) is 10.1. The largest absolute Gasteiger partial charge is 0.393 e. The monoisotopic (exact) mass is 416 g/mol. The van der Waals surface area contributed by atoms with Gasteiger partial charge < -0.3 is 20.1 Å². The Morgan fingerprint density at radius 3 is 2.70 bits per heavy atom. The molecule has 0 bridgehead atoms. The van der Waals surface area contributed by atoms with E-state index in [2.05, 4.69) is 38.7 Å². The van der Waals surface area contributed by atoms with Crippen molar-refractivity contribution in [3.8, 4) is 0 Å². The summed E-state index contributed by atoms with van der Waals surface area (Å²) >= 11 is 0. The molecule has 4 nitrogen and oxygen atoms in total. The first-order chi connectivity index (χ1) is 14.1. The third-order valence-electron chi connectivity index (χ3n) is 7.60. The highest BCUT2D eigenvalue weighted by Gasteiger charge is 2.46. The molecule has 0 heterocycles. The summed E-state index contributed by atoms with van der Waals surface area (Å²) in [5.74, 6) is 0.660. The Morgan fingerprint density at radius 2 is 2.00 bits per heavy atom. The predicted molar refractivity (Wildman–Crippen MR) is 121 cm³/mol. The highest BCUT2D eigenvalue weighted by atomic mass is 16.5. The highest BCUT2D eigenvalue weighted by molar-refractivity contribution is 5.40. The summed E-state index contributed by atoms with van der Waals surface area (Å²) in [5.41, 5.74) is 4.61. The van der Waals surface area contributed by atoms with Crippen molar-refractivity contribution in [1.82, 2.24) is 0 Å². The van der Waals surface area contributed by atoms with Crippen molar-refractivity contribution in [3.05, 3.63) is 47.1 Å². The van der Waals surface area contributed by atoms with Gasteiger partial charge in [-0.1, -0.05) is 51.2 Å². The maximum atomic E-state index is 10.1. The van der Waals surface area contributed by atoms with E-state index in [0.29, 0.717) is 25.4 Å². The van der Waals surface area contributed by atoms with Crippen molar-refractivity contribution in [2.24, 2.45) is 17.3 Å². The lowest BCUT2D eigenvalue weighted by molar-refractivity contribution is -0.0146. The van der Waals surface area contributed by atoms with E-state index in [1.807, 2.05) is 13.8 Å². The predicted octanol–water partition coefficient (Wildman–Crippen LogP) is 4.47. The normalized spacial score (nSPS) is 36.9. The molecule has 30 heavy (non-hydrogen) atoms. The van der Waals surface area contributed by atoms with E-state index in [0.717, 1.165) is 36.8 Å². The summed E-state index contributed by atoms with van der Waals surface area (Å²) in [4.78, 5) is 0. The van der Waals surface area contributed by atoms with E-state index in [9.17, 15) is 15.3 Å². The lowest BCUT2D eigenvalue weighted by atomic mass is 9.63. The molecule has 2 fully saturated rings. The minimum absolute atomic E-state index is 0.00882. The van der Waals surface area contributed by atoms with Gasteiger partial charge in [0.2, 0.25) is 0 Å². The summed E-state index contributed by atoms with van der Waals surface area (Å²) in [7, 11) is 0. The minimum atomic E-state index is -0.644. The van der Waals surface area contributed by atoms with Crippen LogP contribution in [0.3, 0.4) is 0 Å². The topological polar surface area (TPSA) is 69.9 Å². The van der Waals surface area contributed by atoms with E-state index >= 15 is 0 Å². The molecule has 4 heteroatoms. The number of fused-ring (bicyclic) bond motifs is 1. The van der Waals surface area contributed by atoms with Gasteiger partial charge in [-0.2, -0.15) is 0 Å². The van der Waals surface area contributed by atoms with Gasteiger partial charge in [-0.15, -0.1) is 0 Å². The molecule has 0 saturated heterocycles. The Kier molecular flexibility index (Phi) is 7.44. The quantitative estimate of drug-likeness (QED) is 0.559. The van der Waals surface area contributed by atoms with Crippen molar-refractivity contribution < 1.29 is 20.1 Å². The van der Waals surface area contributed by atoms with Gasteiger partial charge in [-0.3, -0.25) is 0 Å². The maximum Gasteiger partial charge on any atom is 0.0811 e. The summed E-state index contributed by atoms with van der Waals surface area (Å²) in [6.07, 6.45) is 10.4. The van der Waals surface area contributed by atoms with Crippen LogP contribution < -0.4 is 0 Å². The number of rotatable bonds is 6. The van der Waals surface area contributed by atoms with Crippen LogP contribution in [-0.2, 0) is 4.74 Å². The maximum absolute atomic E-state index is 10.1. The van der Waals surface area contributed by atoms with Crippen LogP contribution in [0.5, 0.6) is 0 Å². The molecule has 0 radical (unpaired) electrons. The molecule has 3 rings (SSSR count). The van der Waals surface area contributed by atoms with Crippen LogP contribution in [0.25, 0.3) is 0 Å². The van der Waals surface area contributed by atoms with Crippen molar-refractivity contribution >= 4 is 0 Å². The minimum Gasteiger partial charge on any atom is -0.393 e. The summed E-state index contributed by atoms with van der Waals surface area (Å²) in [6.45, 7) is 12.9. The molecule has 0 aliphatic heterocycles. The van der Waals surface area contributed by atoms with Crippen LogP contribution in [0.1, 0.15) is 66.2 Å². The van der Waals surface area contributed by atoms with Crippen molar-refractivity contribution in [2.45, 2.75) is 90.6 Å². The SMILES string of the molecule is C=C1C(=CC=C2CCC[C@]3(C)C([C@H](C)OC[C@H](O)C(C)C)=CC[C@@H]23)C[C@@H](O)C[C@@H]1O. The van der Waals surface area contributed by atoms with Crippen LogP contribution in [-0.4, -0.2) is 46.3 Å². The van der Waals surface area contributed by atoms with E-state index in [1.54, 1.807) is 0 Å². The molecular formula is C26H40O4. The number of hydrogen-bond donors (Lipinski definition) is 3. The molecule has 0 spiro atoms. The Morgan fingerprint density at radius 1 is 1.27 bits per heavy atom. The zero-order valence-electron chi connectivity index (χ0n) is 19.1. The molecule has 0 aromatic heterocycles. The smallest absolute Gasteiger partial charge is 0.0811 e. The molecule has 168 valence electrons. The third-order valence-corrected chi connectivity index (χ3v) is 7.60. The van der Waals surface area contributed by atoms with Crippen molar-refractivity contribution in [2.75, 3.05) is 6.61 Å². The zero-order valence-corrected chi connectivity index (χ0v) is 19.1. The molecule has 3 N–H and O–H groups in total. The van der Waals surface area contributed by atoms with Crippen molar-refractivity contribution in [3.63, 3.8) is 0 Å². The van der Waals surface area contributed by atoms with Gasteiger partial charge in [-0.05, 0) is 73.0 Å². The Hall–Kier alpha value is -1.20. The van der Waals surface area contributed by atoms with Gasteiger partial charge in [0, 0.05) is 6.42 Å². The van der Waals surface area contributed by atoms with Crippen LogP contribution in [0.15, 0.2) is 47.1 Å². The lowest BCUT2D eigenvalue weighted by Gasteiger charge is -2.42. The number of aliphatic hydroxyl groups is 3. The van der Waals surface area contributed by atoms with Gasteiger partial charge >= 0.3 is 0 Å². The molecule has 6 atom stereocenters. The summed E-state index contributed by atoms with van der Waals surface area (Å²) in [6, 6.07) is 0. The van der Waals surface area contributed by atoms with Gasteiger partial charge in [0.25, 0.3) is 0 Å². The first-order valence-corrected chi connectivity index (χ1v) is 11.6. The second-order valence-corrected chi connectivity index (χ2v) is 10.1. The van der Waals surface area contributed by atoms with Gasteiger partial charge in [0.15, 0.2) is 0 Å². The first kappa shape index (κ1) is 23.5. The Labute approximate surface area is 182 Å². The summed E-state index contributed by atoms with van der Waals surface area (Å²) in [5, 5.41) is 30.2. The fraction of sp³-hybridized carbons (Fsp3) is 0.692. The average molecular weight is 417 g/mol. The van der Waals surface area contributed by atoms with Crippen LogP contribution in [0, 0.1) is 17.3 Å². The fourth-order valence-electron chi connectivity index (χ4n) is 5.47. The summed E-state index contributed by atoms with van der Waals surface area (Å²) < 4.78 is 6.07. The molecule has 0 aromatic carbocycles.